The molecule has 0 bridgehead atoms. The lowest BCUT2D eigenvalue weighted by Crippen LogP contribution is -2.44. The monoisotopic (exact) mass is 309 g/mol. The normalized spacial score (nSPS) is 24.3. The van der Waals surface area contributed by atoms with Gasteiger partial charge in [0.05, 0.1) is 17.4 Å². The van der Waals surface area contributed by atoms with Gasteiger partial charge in [0.1, 0.15) is 0 Å². The van der Waals surface area contributed by atoms with Crippen LogP contribution in [0.2, 0.25) is 0 Å². The van der Waals surface area contributed by atoms with Crippen LogP contribution in [0, 0.1) is 11.8 Å². The second-order valence-corrected chi connectivity index (χ2v) is 6.85. The fourth-order valence-corrected chi connectivity index (χ4v) is 4.12. The fraction of sp³-hybridized carbons (Fsp3) is 0.474. The Balaban J connectivity index is 1.48. The molecule has 1 saturated heterocycles. The Bertz CT molecular complexity index is 679. The fourth-order valence-electron chi connectivity index (χ4n) is 4.12. The Morgan fingerprint density at radius 1 is 1.04 bits per heavy atom. The third-order valence-electron chi connectivity index (χ3n) is 5.43. The highest BCUT2D eigenvalue weighted by atomic mass is 16.2. The maximum atomic E-state index is 12.8. The molecular formula is C19H23N3O. The average Bonchev–Trinajstić information content (AvgIpc) is 3.11. The summed E-state index contributed by atoms with van der Waals surface area (Å²) in [6, 6.07) is 9.93. The number of carbonyl (C=O) groups excluding carboxylic acids is 1. The molecule has 1 amide bonds. The largest absolute Gasteiger partial charge is 0.338 e. The smallest absolute Gasteiger partial charge is 0.257 e. The summed E-state index contributed by atoms with van der Waals surface area (Å²) in [7, 11) is 0. The number of fused-ring (bicyclic) bond motifs is 1. The molecule has 4 heteroatoms. The van der Waals surface area contributed by atoms with E-state index < -0.39 is 0 Å². The summed E-state index contributed by atoms with van der Waals surface area (Å²) in [4.78, 5) is 14.8. The molecule has 1 aromatic heterocycles. The van der Waals surface area contributed by atoms with E-state index in [0.29, 0.717) is 11.5 Å². The molecule has 23 heavy (non-hydrogen) atoms. The zero-order valence-electron chi connectivity index (χ0n) is 13.4. The van der Waals surface area contributed by atoms with Crippen molar-refractivity contribution >= 4 is 5.91 Å². The minimum Gasteiger partial charge on any atom is -0.338 e. The zero-order valence-corrected chi connectivity index (χ0v) is 13.4. The molecule has 0 unspecified atom stereocenters. The number of hydrogen-bond acceptors (Lipinski definition) is 2. The third-order valence-corrected chi connectivity index (χ3v) is 5.43. The first kappa shape index (κ1) is 14.5. The minimum absolute atomic E-state index is 0.135. The number of carbonyl (C=O) groups is 1. The molecular weight excluding hydrogens is 286 g/mol. The van der Waals surface area contributed by atoms with Gasteiger partial charge in [0.15, 0.2) is 0 Å². The van der Waals surface area contributed by atoms with Crippen LogP contribution in [-0.4, -0.2) is 33.7 Å². The van der Waals surface area contributed by atoms with Crippen molar-refractivity contribution in [1.82, 2.24) is 14.7 Å². The number of likely N-dealkylation sites (tertiary alicyclic amines) is 1. The van der Waals surface area contributed by atoms with Crippen LogP contribution < -0.4 is 0 Å². The van der Waals surface area contributed by atoms with E-state index in [0.717, 1.165) is 24.7 Å². The van der Waals surface area contributed by atoms with E-state index in [1.807, 2.05) is 41.4 Å². The molecule has 1 aliphatic heterocycles. The number of nitrogens with zero attached hydrogens (tertiary/aromatic N) is 3. The SMILES string of the molecule is O=C(c1cnn(-c2ccccc2)c1)N1CC[C@H]2CCCC[C@H]2C1. The molecule has 2 aliphatic rings. The molecule has 1 saturated carbocycles. The van der Waals surface area contributed by atoms with Gasteiger partial charge in [-0.15, -0.1) is 0 Å². The van der Waals surface area contributed by atoms with Gasteiger partial charge < -0.3 is 4.90 Å². The first-order chi connectivity index (χ1) is 11.3. The van der Waals surface area contributed by atoms with E-state index in [1.54, 1.807) is 10.9 Å². The molecule has 0 radical (unpaired) electrons. The van der Waals surface area contributed by atoms with Gasteiger partial charge in [0, 0.05) is 19.3 Å². The van der Waals surface area contributed by atoms with Crippen LogP contribution in [0.25, 0.3) is 5.69 Å². The standard InChI is InChI=1S/C19H23N3O/c23-19(21-11-10-15-6-4-5-7-16(15)13-21)17-12-20-22(14-17)18-8-2-1-3-9-18/h1-3,8-9,12,14-16H,4-7,10-11,13H2/t15-,16+/m1/s1. The van der Waals surface area contributed by atoms with E-state index in [2.05, 4.69) is 5.10 Å². The number of amides is 1. The predicted octanol–water partition coefficient (Wildman–Crippen LogP) is 3.52. The summed E-state index contributed by atoms with van der Waals surface area (Å²) >= 11 is 0. The Morgan fingerprint density at radius 2 is 1.83 bits per heavy atom. The molecule has 2 heterocycles. The van der Waals surface area contributed by atoms with Gasteiger partial charge in [-0.05, 0) is 36.8 Å². The number of rotatable bonds is 2. The molecule has 2 aromatic rings. The van der Waals surface area contributed by atoms with Crippen LogP contribution in [0.15, 0.2) is 42.7 Å². The molecule has 2 atom stereocenters. The summed E-state index contributed by atoms with van der Waals surface area (Å²) in [6.45, 7) is 1.83. The van der Waals surface area contributed by atoms with Crippen LogP contribution in [0.5, 0.6) is 0 Å². The van der Waals surface area contributed by atoms with Crippen LogP contribution >= 0.6 is 0 Å². The van der Waals surface area contributed by atoms with Crippen molar-refractivity contribution < 1.29 is 4.79 Å². The van der Waals surface area contributed by atoms with Crippen molar-refractivity contribution in [1.29, 1.82) is 0 Å². The summed E-state index contributed by atoms with van der Waals surface area (Å²) in [5.41, 5.74) is 1.68. The van der Waals surface area contributed by atoms with E-state index in [9.17, 15) is 4.79 Å². The molecule has 120 valence electrons. The zero-order chi connectivity index (χ0) is 15.6. The molecule has 0 spiro atoms. The second kappa shape index (κ2) is 6.19. The van der Waals surface area contributed by atoms with Gasteiger partial charge in [-0.2, -0.15) is 5.10 Å². The first-order valence-electron chi connectivity index (χ1n) is 8.70. The highest BCUT2D eigenvalue weighted by Crippen LogP contribution is 2.36. The van der Waals surface area contributed by atoms with E-state index in [4.69, 9.17) is 0 Å². The first-order valence-corrected chi connectivity index (χ1v) is 8.70. The quantitative estimate of drug-likeness (QED) is 0.851. The highest BCUT2D eigenvalue weighted by Gasteiger charge is 2.33. The van der Waals surface area contributed by atoms with Crippen molar-refractivity contribution in [3.05, 3.63) is 48.3 Å². The Kier molecular flexibility index (Phi) is 3.90. The van der Waals surface area contributed by atoms with E-state index in [1.165, 1.54) is 32.1 Å². The van der Waals surface area contributed by atoms with Crippen LogP contribution in [0.4, 0.5) is 0 Å². The molecule has 1 aliphatic carbocycles. The van der Waals surface area contributed by atoms with Crippen LogP contribution in [-0.2, 0) is 0 Å². The van der Waals surface area contributed by atoms with Crippen molar-refractivity contribution in [3.63, 3.8) is 0 Å². The molecule has 0 N–H and O–H groups in total. The summed E-state index contributed by atoms with van der Waals surface area (Å²) < 4.78 is 1.78. The topological polar surface area (TPSA) is 38.1 Å². The molecule has 4 rings (SSSR count). The maximum absolute atomic E-state index is 12.8. The summed E-state index contributed by atoms with van der Waals surface area (Å²) in [5, 5.41) is 4.35. The predicted molar refractivity (Wildman–Crippen MR) is 89.5 cm³/mol. The molecule has 4 nitrogen and oxygen atoms in total. The van der Waals surface area contributed by atoms with Crippen molar-refractivity contribution in [3.8, 4) is 5.69 Å². The summed E-state index contributed by atoms with van der Waals surface area (Å²) in [6.07, 6.45) is 10.1. The minimum atomic E-state index is 0.135. The van der Waals surface area contributed by atoms with Crippen molar-refractivity contribution in [2.75, 3.05) is 13.1 Å². The lowest BCUT2D eigenvalue weighted by Gasteiger charge is -2.41. The Morgan fingerprint density at radius 3 is 2.65 bits per heavy atom. The van der Waals surface area contributed by atoms with E-state index in [-0.39, 0.29) is 5.91 Å². The number of benzene rings is 1. The van der Waals surface area contributed by atoms with E-state index >= 15 is 0 Å². The van der Waals surface area contributed by atoms with Crippen LogP contribution in [0.3, 0.4) is 0 Å². The lowest BCUT2D eigenvalue weighted by molar-refractivity contribution is 0.0521. The highest BCUT2D eigenvalue weighted by molar-refractivity contribution is 5.93. The number of para-hydroxylation sites is 1. The Hall–Kier alpha value is -2.10. The van der Waals surface area contributed by atoms with Crippen molar-refractivity contribution in [2.24, 2.45) is 11.8 Å². The maximum Gasteiger partial charge on any atom is 0.257 e. The van der Waals surface area contributed by atoms with Gasteiger partial charge in [0.25, 0.3) is 5.91 Å². The van der Waals surface area contributed by atoms with Crippen LogP contribution in [0.1, 0.15) is 42.5 Å². The van der Waals surface area contributed by atoms with Gasteiger partial charge in [-0.1, -0.05) is 37.5 Å². The second-order valence-electron chi connectivity index (χ2n) is 6.85. The van der Waals surface area contributed by atoms with Gasteiger partial charge >= 0.3 is 0 Å². The number of hydrogen-bond donors (Lipinski definition) is 0. The number of aromatic nitrogens is 2. The molecule has 2 fully saturated rings. The molecule has 1 aromatic carbocycles. The number of piperidine rings is 1. The Labute approximate surface area is 137 Å². The third kappa shape index (κ3) is 2.90. The van der Waals surface area contributed by atoms with Gasteiger partial charge in [-0.3, -0.25) is 4.79 Å². The average molecular weight is 309 g/mol. The van der Waals surface area contributed by atoms with Gasteiger partial charge in [-0.25, -0.2) is 4.68 Å². The van der Waals surface area contributed by atoms with Crippen molar-refractivity contribution in [2.45, 2.75) is 32.1 Å². The van der Waals surface area contributed by atoms with Gasteiger partial charge in [0.2, 0.25) is 0 Å². The summed E-state index contributed by atoms with van der Waals surface area (Å²) in [5.74, 6) is 1.70. The lowest BCUT2D eigenvalue weighted by atomic mass is 9.75.